The van der Waals surface area contributed by atoms with E-state index in [0.29, 0.717) is 19.6 Å². The van der Waals surface area contributed by atoms with E-state index in [2.05, 4.69) is 5.32 Å². The SMILES string of the molecule is O=C(CCNc1ccc(OCc2ccccc2)cc1)N1CCCC1. The van der Waals surface area contributed by atoms with E-state index in [4.69, 9.17) is 4.74 Å². The second kappa shape index (κ2) is 8.39. The number of rotatable bonds is 7. The minimum absolute atomic E-state index is 0.253. The van der Waals surface area contributed by atoms with Gasteiger partial charge in [-0.25, -0.2) is 0 Å². The molecule has 4 heteroatoms. The number of nitrogens with one attached hydrogen (secondary N) is 1. The van der Waals surface area contributed by atoms with E-state index >= 15 is 0 Å². The first-order chi connectivity index (χ1) is 11.8. The van der Waals surface area contributed by atoms with Crippen molar-refractivity contribution in [3.8, 4) is 5.75 Å². The Morgan fingerprint density at radius 1 is 1.00 bits per heavy atom. The zero-order valence-corrected chi connectivity index (χ0v) is 13.9. The molecule has 0 aromatic heterocycles. The van der Waals surface area contributed by atoms with Crippen molar-refractivity contribution in [2.75, 3.05) is 25.0 Å². The van der Waals surface area contributed by atoms with Gasteiger partial charge in [0.1, 0.15) is 12.4 Å². The highest BCUT2D eigenvalue weighted by molar-refractivity contribution is 5.77. The van der Waals surface area contributed by atoms with E-state index in [-0.39, 0.29) is 5.91 Å². The number of amides is 1. The molecule has 1 N–H and O–H groups in total. The second-order valence-electron chi connectivity index (χ2n) is 6.06. The summed E-state index contributed by atoms with van der Waals surface area (Å²) in [6, 6.07) is 18.0. The Balaban J connectivity index is 1.40. The lowest BCUT2D eigenvalue weighted by atomic mass is 10.2. The molecule has 0 saturated carbocycles. The molecule has 0 atom stereocenters. The van der Waals surface area contributed by atoms with E-state index in [1.165, 1.54) is 0 Å². The molecule has 1 amide bonds. The Morgan fingerprint density at radius 3 is 2.42 bits per heavy atom. The summed E-state index contributed by atoms with van der Waals surface area (Å²) in [7, 11) is 0. The molecule has 2 aromatic carbocycles. The van der Waals surface area contributed by atoms with Crippen molar-refractivity contribution in [2.45, 2.75) is 25.9 Å². The van der Waals surface area contributed by atoms with Gasteiger partial charge in [-0.3, -0.25) is 4.79 Å². The molecular weight excluding hydrogens is 300 g/mol. The summed E-state index contributed by atoms with van der Waals surface area (Å²) in [4.78, 5) is 13.9. The van der Waals surface area contributed by atoms with Crippen LogP contribution in [0.4, 0.5) is 5.69 Å². The lowest BCUT2D eigenvalue weighted by Crippen LogP contribution is -2.29. The topological polar surface area (TPSA) is 41.6 Å². The van der Waals surface area contributed by atoms with Crippen LogP contribution in [0.3, 0.4) is 0 Å². The van der Waals surface area contributed by atoms with Gasteiger partial charge in [0.15, 0.2) is 0 Å². The lowest BCUT2D eigenvalue weighted by molar-refractivity contribution is -0.129. The van der Waals surface area contributed by atoms with E-state index < -0.39 is 0 Å². The molecule has 0 spiro atoms. The molecular formula is C20H24N2O2. The predicted molar refractivity (Wildman–Crippen MR) is 96.1 cm³/mol. The summed E-state index contributed by atoms with van der Waals surface area (Å²) < 4.78 is 5.77. The van der Waals surface area contributed by atoms with E-state index in [1.54, 1.807) is 0 Å². The first-order valence-corrected chi connectivity index (χ1v) is 8.60. The molecule has 0 bridgehead atoms. The van der Waals surface area contributed by atoms with E-state index in [1.807, 2.05) is 59.5 Å². The summed E-state index contributed by atoms with van der Waals surface area (Å²) in [6.45, 7) is 3.08. The first kappa shape index (κ1) is 16.4. The molecule has 0 aliphatic carbocycles. The second-order valence-corrected chi connectivity index (χ2v) is 6.06. The smallest absolute Gasteiger partial charge is 0.224 e. The summed E-state index contributed by atoms with van der Waals surface area (Å²) >= 11 is 0. The number of hydrogen-bond acceptors (Lipinski definition) is 3. The number of ether oxygens (including phenoxy) is 1. The van der Waals surface area contributed by atoms with Crippen LogP contribution in [0.15, 0.2) is 54.6 Å². The van der Waals surface area contributed by atoms with Gasteiger partial charge in [-0.05, 0) is 42.7 Å². The van der Waals surface area contributed by atoms with Crippen molar-refractivity contribution >= 4 is 11.6 Å². The van der Waals surface area contributed by atoms with Crippen LogP contribution in [0.5, 0.6) is 5.75 Å². The Kier molecular flexibility index (Phi) is 5.72. The van der Waals surface area contributed by atoms with Gasteiger partial charge in [0.25, 0.3) is 0 Å². The number of anilines is 1. The average Bonchev–Trinajstić information content (AvgIpc) is 3.17. The Labute approximate surface area is 143 Å². The predicted octanol–water partition coefficient (Wildman–Crippen LogP) is 3.69. The molecule has 2 aromatic rings. The highest BCUT2D eigenvalue weighted by Gasteiger charge is 2.16. The number of carbonyl (C=O) groups is 1. The van der Waals surface area contributed by atoms with Crippen LogP contribution in [0.1, 0.15) is 24.8 Å². The summed E-state index contributed by atoms with van der Waals surface area (Å²) in [5.74, 6) is 1.10. The minimum Gasteiger partial charge on any atom is -0.489 e. The number of benzene rings is 2. The molecule has 126 valence electrons. The van der Waals surface area contributed by atoms with Crippen LogP contribution < -0.4 is 10.1 Å². The molecule has 1 heterocycles. The molecule has 1 aliphatic heterocycles. The Bertz CT molecular complexity index is 634. The first-order valence-electron chi connectivity index (χ1n) is 8.60. The van der Waals surface area contributed by atoms with Crippen LogP contribution in [0.25, 0.3) is 0 Å². The molecule has 0 radical (unpaired) electrons. The van der Waals surface area contributed by atoms with Crippen molar-refractivity contribution in [2.24, 2.45) is 0 Å². The van der Waals surface area contributed by atoms with Crippen LogP contribution >= 0.6 is 0 Å². The molecule has 1 aliphatic rings. The van der Waals surface area contributed by atoms with Crippen molar-refractivity contribution in [1.82, 2.24) is 4.90 Å². The molecule has 3 rings (SSSR count). The summed E-state index contributed by atoms with van der Waals surface area (Å²) in [5.41, 5.74) is 2.16. The average molecular weight is 324 g/mol. The summed E-state index contributed by atoms with van der Waals surface area (Å²) in [6.07, 6.45) is 2.83. The molecule has 24 heavy (non-hydrogen) atoms. The minimum atomic E-state index is 0.253. The maximum atomic E-state index is 12.0. The zero-order chi connectivity index (χ0) is 16.6. The van der Waals surface area contributed by atoms with Gasteiger partial charge in [-0.15, -0.1) is 0 Å². The fourth-order valence-electron chi connectivity index (χ4n) is 2.85. The number of likely N-dealkylation sites (tertiary alicyclic amines) is 1. The highest BCUT2D eigenvalue weighted by Crippen LogP contribution is 2.17. The van der Waals surface area contributed by atoms with Gasteiger partial charge < -0.3 is 15.0 Å². The van der Waals surface area contributed by atoms with Gasteiger partial charge in [-0.1, -0.05) is 30.3 Å². The third-order valence-electron chi connectivity index (χ3n) is 4.23. The van der Waals surface area contributed by atoms with Gasteiger partial charge >= 0.3 is 0 Å². The quantitative estimate of drug-likeness (QED) is 0.844. The molecule has 0 unspecified atom stereocenters. The maximum absolute atomic E-state index is 12.0. The van der Waals surface area contributed by atoms with Gasteiger partial charge in [0.2, 0.25) is 5.91 Å². The zero-order valence-electron chi connectivity index (χ0n) is 13.9. The van der Waals surface area contributed by atoms with Crippen LogP contribution in [0, 0.1) is 0 Å². The lowest BCUT2D eigenvalue weighted by Gasteiger charge is -2.15. The normalized spacial score (nSPS) is 13.8. The molecule has 1 saturated heterocycles. The van der Waals surface area contributed by atoms with Crippen LogP contribution in [-0.2, 0) is 11.4 Å². The van der Waals surface area contributed by atoms with Gasteiger partial charge in [-0.2, -0.15) is 0 Å². The monoisotopic (exact) mass is 324 g/mol. The van der Waals surface area contributed by atoms with E-state index in [0.717, 1.165) is 42.9 Å². The van der Waals surface area contributed by atoms with E-state index in [9.17, 15) is 4.79 Å². The van der Waals surface area contributed by atoms with Gasteiger partial charge in [0.05, 0.1) is 0 Å². The highest BCUT2D eigenvalue weighted by atomic mass is 16.5. The number of nitrogens with zero attached hydrogens (tertiary/aromatic N) is 1. The fourth-order valence-corrected chi connectivity index (χ4v) is 2.85. The third-order valence-corrected chi connectivity index (χ3v) is 4.23. The number of carbonyl (C=O) groups excluding carboxylic acids is 1. The molecule has 4 nitrogen and oxygen atoms in total. The summed E-state index contributed by atoms with van der Waals surface area (Å²) in [5, 5.41) is 3.30. The Hall–Kier alpha value is -2.49. The van der Waals surface area contributed by atoms with Crippen molar-refractivity contribution < 1.29 is 9.53 Å². The van der Waals surface area contributed by atoms with Crippen molar-refractivity contribution in [1.29, 1.82) is 0 Å². The maximum Gasteiger partial charge on any atom is 0.224 e. The molecule has 1 fully saturated rings. The number of hydrogen-bond donors (Lipinski definition) is 1. The van der Waals surface area contributed by atoms with Crippen molar-refractivity contribution in [3.05, 3.63) is 60.2 Å². The fraction of sp³-hybridized carbons (Fsp3) is 0.350. The largest absolute Gasteiger partial charge is 0.489 e. The van der Waals surface area contributed by atoms with Gasteiger partial charge in [0, 0.05) is 31.7 Å². The van der Waals surface area contributed by atoms with Crippen LogP contribution in [-0.4, -0.2) is 30.4 Å². The standard InChI is InChI=1S/C20H24N2O2/c23-20(22-14-4-5-15-22)12-13-21-18-8-10-19(11-9-18)24-16-17-6-2-1-3-7-17/h1-3,6-11,21H,4-5,12-16H2. The Morgan fingerprint density at radius 2 is 1.71 bits per heavy atom. The van der Waals surface area contributed by atoms with Crippen LogP contribution in [0.2, 0.25) is 0 Å². The van der Waals surface area contributed by atoms with Crippen molar-refractivity contribution in [3.63, 3.8) is 0 Å². The third kappa shape index (κ3) is 4.75.